The Labute approximate surface area is 142 Å². The number of benzene rings is 1. The summed E-state index contributed by atoms with van der Waals surface area (Å²) in [6.07, 6.45) is 0. The molecule has 0 spiro atoms. The minimum absolute atomic E-state index is 0.173. The molecule has 6 nitrogen and oxygen atoms in total. The number of hydrogen-bond donors (Lipinski definition) is 1. The SMILES string of the molecule is C/C(=N/NC(=O)c1nn(C)c(=O)c2ccccc12)c1ccc(C)s1. The van der Waals surface area contributed by atoms with Crippen LogP contribution in [0.25, 0.3) is 10.8 Å². The van der Waals surface area contributed by atoms with Gasteiger partial charge in [0.2, 0.25) is 0 Å². The fourth-order valence-electron chi connectivity index (χ4n) is 2.34. The van der Waals surface area contributed by atoms with Crippen molar-refractivity contribution in [2.24, 2.45) is 12.1 Å². The first-order valence-corrected chi connectivity index (χ1v) is 8.16. The molecule has 0 radical (unpaired) electrons. The number of carbonyl (C=O) groups is 1. The van der Waals surface area contributed by atoms with Crippen LogP contribution < -0.4 is 11.0 Å². The topological polar surface area (TPSA) is 76.3 Å². The molecular weight excluding hydrogens is 324 g/mol. The number of nitrogens with zero attached hydrogens (tertiary/aromatic N) is 3. The van der Waals surface area contributed by atoms with E-state index < -0.39 is 5.91 Å². The van der Waals surface area contributed by atoms with E-state index in [1.165, 1.54) is 11.9 Å². The Balaban J connectivity index is 1.95. The zero-order valence-electron chi connectivity index (χ0n) is 13.5. The number of carbonyl (C=O) groups excluding carboxylic acids is 1. The molecule has 0 saturated carbocycles. The minimum Gasteiger partial charge on any atom is -0.267 e. The molecule has 3 rings (SSSR count). The summed E-state index contributed by atoms with van der Waals surface area (Å²) < 4.78 is 1.16. The van der Waals surface area contributed by atoms with E-state index in [1.54, 1.807) is 35.6 Å². The number of thiophene rings is 1. The van der Waals surface area contributed by atoms with Crippen molar-refractivity contribution in [2.75, 3.05) is 0 Å². The fraction of sp³-hybridized carbons (Fsp3) is 0.176. The number of fused-ring (bicyclic) bond motifs is 1. The first kappa shape index (κ1) is 16.1. The maximum Gasteiger partial charge on any atom is 0.292 e. The van der Waals surface area contributed by atoms with Gasteiger partial charge in [-0.15, -0.1) is 11.3 Å². The number of amides is 1. The van der Waals surface area contributed by atoms with Gasteiger partial charge in [-0.25, -0.2) is 10.1 Å². The van der Waals surface area contributed by atoms with E-state index in [-0.39, 0.29) is 11.3 Å². The standard InChI is InChI=1S/C17H16N4O2S/c1-10-8-9-14(24-10)11(2)18-19-16(22)15-12-6-4-5-7-13(12)17(23)21(3)20-15/h4-9H,1-3H3,(H,19,22)/b18-11-. The van der Waals surface area contributed by atoms with Gasteiger partial charge < -0.3 is 0 Å². The summed E-state index contributed by atoms with van der Waals surface area (Å²) in [6, 6.07) is 10.9. The Hall–Kier alpha value is -2.80. The van der Waals surface area contributed by atoms with Crippen LogP contribution in [0.1, 0.15) is 27.2 Å². The van der Waals surface area contributed by atoms with Crippen molar-refractivity contribution in [3.63, 3.8) is 0 Å². The number of hydrazone groups is 1. The summed E-state index contributed by atoms with van der Waals surface area (Å²) in [4.78, 5) is 26.7. The van der Waals surface area contributed by atoms with Crippen molar-refractivity contribution in [1.29, 1.82) is 0 Å². The van der Waals surface area contributed by atoms with Gasteiger partial charge >= 0.3 is 0 Å². The van der Waals surface area contributed by atoms with E-state index in [1.807, 2.05) is 26.0 Å². The lowest BCUT2D eigenvalue weighted by Gasteiger charge is -2.07. The highest BCUT2D eigenvalue weighted by atomic mass is 32.1. The second-order valence-electron chi connectivity index (χ2n) is 5.37. The van der Waals surface area contributed by atoms with Gasteiger partial charge in [-0.2, -0.15) is 10.2 Å². The smallest absolute Gasteiger partial charge is 0.267 e. The summed E-state index contributed by atoms with van der Waals surface area (Å²) in [5.74, 6) is -0.450. The van der Waals surface area contributed by atoms with Gasteiger partial charge in [-0.05, 0) is 32.0 Å². The molecule has 0 bridgehead atoms. The van der Waals surface area contributed by atoms with Gasteiger partial charge in [0.1, 0.15) is 0 Å². The van der Waals surface area contributed by atoms with Crippen molar-refractivity contribution in [1.82, 2.24) is 15.2 Å². The van der Waals surface area contributed by atoms with Crippen LogP contribution in [-0.4, -0.2) is 21.4 Å². The molecule has 0 aliphatic carbocycles. The highest BCUT2D eigenvalue weighted by Crippen LogP contribution is 2.16. The molecule has 3 aromatic rings. The van der Waals surface area contributed by atoms with Gasteiger partial charge in [0, 0.05) is 17.3 Å². The number of aromatic nitrogens is 2. The first-order chi connectivity index (χ1) is 11.5. The van der Waals surface area contributed by atoms with Gasteiger partial charge in [0.15, 0.2) is 5.69 Å². The predicted molar refractivity (Wildman–Crippen MR) is 95.7 cm³/mol. The molecular formula is C17H16N4O2S. The highest BCUT2D eigenvalue weighted by Gasteiger charge is 2.15. The van der Waals surface area contributed by atoms with Crippen LogP contribution in [0.4, 0.5) is 0 Å². The molecule has 24 heavy (non-hydrogen) atoms. The third-order valence-corrected chi connectivity index (χ3v) is 4.70. The van der Waals surface area contributed by atoms with E-state index in [0.717, 1.165) is 15.3 Å². The molecule has 7 heteroatoms. The van der Waals surface area contributed by atoms with Crippen molar-refractivity contribution >= 4 is 33.7 Å². The average Bonchev–Trinajstić information content (AvgIpc) is 3.02. The molecule has 1 amide bonds. The monoisotopic (exact) mass is 340 g/mol. The van der Waals surface area contributed by atoms with Crippen molar-refractivity contribution in [3.8, 4) is 0 Å². The van der Waals surface area contributed by atoms with E-state index in [4.69, 9.17) is 0 Å². The predicted octanol–water partition coefficient (Wildman–Crippen LogP) is 2.46. The summed E-state index contributed by atoms with van der Waals surface area (Å²) in [5.41, 5.74) is 3.17. The molecule has 0 fully saturated rings. The van der Waals surface area contributed by atoms with Crippen LogP contribution in [0.15, 0.2) is 46.3 Å². The zero-order chi connectivity index (χ0) is 17.3. The third-order valence-electron chi connectivity index (χ3n) is 3.59. The largest absolute Gasteiger partial charge is 0.292 e. The van der Waals surface area contributed by atoms with E-state index >= 15 is 0 Å². The number of nitrogens with one attached hydrogen (secondary N) is 1. The molecule has 0 unspecified atom stereocenters. The van der Waals surface area contributed by atoms with Crippen molar-refractivity contribution in [3.05, 3.63) is 62.2 Å². The second kappa shape index (κ2) is 6.37. The Bertz CT molecular complexity index is 1020. The normalized spacial score (nSPS) is 11.7. The molecule has 1 N–H and O–H groups in total. The molecule has 1 aromatic carbocycles. The third kappa shape index (κ3) is 2.98. The maximum absolute atomic E-state index is 12.5. The number of aryl methyl sites for hydroxylation is 2. The lowest BCUT2D eigenvalue weighted by Crippen LogP contribution is -2.27. The summed E-state index contributed by atoms with van der Waals surface area (Å²) >= 11 is 1.61. The lowest BCUT2D eigenvalue weighted by atomic mass is 10.1. The van der Waals surface area contributed by atoms with E-state index in [0.29, 0.717) is 10.8 Å². The van der Waals surface area contributed by atoms with Crippen LogP contribution in [0.5, 0.6) is 0 Å². The molecule has 122 valence electrons. The Morgan fingerprint density at radius 2 is 1.92 bits per heavy atom. The van der Waals surface area contributed by atoms with Gasteiger partial charge in [-0.3, -0.25) is 9.59 Å². The fourth-order valence-corrected chi connectivity index (χ4v) is 3.15. The highest BCUT2D eigenvalue weighted by molar-refractivity contribution is 7.14. The van der Waals surface area contributed by atoms with Crippen LogP contribution in [0.3, 0.4) is 0 Å². The van der Waals surface area contributed by atoms with Crippen molar-refractivity contribution in [2.45, 2.75) is 13.8 Å². The molecule has 0 aliphatic heterocycles. The first-order valence-electron chi connectivity index (χ1n) is 7.35. The van der Waals surface area contributed by atoms with Crippen LogP contribution in [0, 0.1) is 6.92 Å². The molecule has 0 saturated heterocycles. The summed E-state index contributed by atoms with van der Waals surface area (Å²) in [7, 11) is 1.52. The number of hydrogen-bond acceptors (Lipinski definition) is 5. The molecule has 2 aromatic heterocycles. The Morgan fingerprint density at radius 1 is 1.21 bits per heavy atom. The quantitative estimate of drug-likeness (QED) is 0.588. The number of rotatable bonds is 3. The van der Waals surface area contributed by atoms with Crippen LogP contribution in [0.2, 0.25) is 0 Å². The Kier molecular flexibility index (Phi) is 4.26. The van der Waals surface area contributed by atoms with E-state index in [2.05, 4.69) is 15.6 Å². The molecule has 0 aliphatic rings. The lowest BCUT2D eigenvalue weighted by molar-refractivity contribution is 0.0949. The minimum atomic E-state index is -0.450. The second-order valence-corrected chi connectivity index (χ2v) is 6.66. The van der Waals surface area contributed by atoms with Gasteiger partial charge in [0.25, 0.3) is 11.5 Å². The zero-order valence-corrected chi connectivity index (χ0v) is 14.3. The Morgan fingerprint density at radius 3 is 2.58 bits per heavy atom. The molecule has 2 heterocycles. The van der Waals surface area contributed by atoms with Crippen LogP contribution >= 0.6 is 11.3 Å². The summed E-state index contributed by atoms with van der Waals surface area (Å²) in [6.45, 7) is 3.85. The summed E-state index contributed by atoms with van der Waals surface area (Å²) in [5, 5.41) is 9.19. The van der Waals surface area contributed by atoms with Crippen molar-refractivity contribution < 1.29 is 4.79 Å². The van der Waals surface area contributed by atoms with Gasteiger partial charge in [-0.1, -0.05) is 18.2 Å². The van der Waals surface area contributed by atoms with Gasteiger partial charge in [0.05, 0.1) is 16.0 Å². The maximum atomic E-state index is 12.5. The van der Waals surface area contributed by atoms with E-state index in [9.17, 15) is 9.59 Å². The van der Waals surface area contributed by atoms with Crippen LogP contribution in [-0.2, 0) is 7.05 Å². The average molecular weight is 340 g/mol. The molecule has 0 atom stereocenters.